The molecule has 0 spiro atoms. The SMILES string of the molecule is Cc1cc(O)cc(C)c1C[C@@H](CNC(=O)C[C@@H](c1ncc(Cl)cn1)C1(C(C)(F)F)CC1)N(C)C. The maximum absolute atomic E-state index is 14.6. The van der Waals surface area contributed by atoms with Crippen molar-refractivity contribution >= 4 is 17.5 Å². The minimum atomic E-state index is -2.96. The number of likely N-dealkylation sites (N-methyl/N-ethyl adjacent to an activating group) is 1. The van der Waals surface area contributed by atoms with Crippen LogP contribution in [0.4, 0.5) is 8.78 Å². The van der Waals surface area contributed by atoms with Crippen LogP contribution in [0, 0.1) is 19.3 Å². The lowest BCUT2D eigenvalue weighted by Gasteiger charge is -2.31. The number of nitrogens with one attached hydrogen (secondary N) is 1. The summed E-state index contributed by atoms with van der Waals surface area (Å²) in [6, 6.07) is 3.44. The molecule has 2 aromatic rings. The number of aromatic hydroxyl groups is 1. The van der Waals surface area contributed by atoms with Crippen LogP contribution in [0.2, 0.25) is 5.02 Å². The van der Waals surface area contributed by atoms with Crippen LogP contribution in [0.1, 0.15) is 54.6 Å². The molecule has 1 aliphatic carbocycles. The fourth-order valence-electron chi connectivity index (χ4n) is 4.72. The summed E-state index contributed by atoms with van der Waals surface area (Å²) in [5, 5.41) is 13.1. The van der Waals surface area contributed by atoms with Gasteiger partial charge in [0.1, 0.15) is 11.6 Å². The molecule has 9 heteroatoms. The minimum absolute atomic E-state index is 0.0152. The molecule has 3 rings (SSSR count). The number of carbonyl (C=O) groups excluding carboxylic acids is 1. The maximum atomic E-state index is 14.6. The van der Waals surface area contributed by atoms with E-state index in [9.17, 15) is 18.7 Å². The molecule has 2 N–H and O–H groups in total. The van der Waals surface area contributed by atoms with Crippen LogP contribution < -0.4 is 5.32 Å². The maximum Gasteiger partial charge on any atom is 0.251 e. The van der Waals surface area contributed by atoms with Crippen molar-refractivity contribution in [3.63, 3.8) is 0 Å². The summed E-state index contributed by atoms with van der Waals surface area (Å²) < 4.78 is 29.1. The average Bonchev–Trinajstić information content (AvgIpc) is 3.53. The lowest BCUT2D eigenvalue weighted by molar-refractivity contribution is -0.124. The monoisotopic (exact) mass is 494 g/mol. The number of nitrogens with zero attached hydrogens (tertiary/aromatic N) is 3. The van der Waals surface area contributed by atoms with Crippen molar-refractivity contribution in [1.82, 2.24) is 20.2 Å². The Morgan fingerprint density at radius 1 is 1.24 bits per heavy atom. The van der Waals surface area contributed by atoms with E-state index in [0.717, 1.165) is 23.6 Å². The number of alkyl halides is 2. The second kappa shape index (κ2) is 10.1. The average molecular weight is 495 g/mol. The Morgan fingerprint density at radius 2 is 1.79 bits per heavy atom. The quantitative estimate of drug-likeness (QED) is 0.502. The van der Waals surface area contributed by atoms with E-state index >= 15 is 0 Å². The first kappa shape index (κ1) is 26.3. The highest BCUT2D eigenvalue weighted by atomic mass is 35.5. The van der Waals surface area contributed by atoms with Crippen molar-refractivity contribution in [1.29, 1.82) is 0 Å². The molecular weight excluding hydrogens is 462 g/mol. The summed E-state index contributed by atoms with van der Waals surface area (Å²) in [6.07, 6.45) is 3.95. The first-order chi connectivity index (χ1) is 15.8. The first-order valence-corrected chi connectivity index (χ1v) is 11.8. The van der Waals surface area contributed by atoms with Crippen LogP contribution in [-0.4, -0.2) is 58.5 Å². The summed E-state index contributed by atoms with van der Waals surface area (Å²) in [5.74, 6) is -3.63. The van der Waals surface area contributed by atoms with Gasteiger partial charge in [-0.2, -0.15) is 0 Å². The van der Waals surface area contributed by atoms with Gasteiger partial charge < -0.3 is 15.3 Å². The molecule has 0 aliphatic heterocycles. The third-order valence-electron chi connectivity index (χ3n) is 7.06. The number of amides is 1. The van der Waals surface area contributed by atoms with E-state index in [0.29, 0.717) is 30.8 Å². The molecule has 6 nitrogen and oxygen atoms in total. The number of phenolic OH excluding ortho intramolecular Hbond substituents is 1. The van der Waals surface area contributed by atoms with Crippen molar-refractivity contribution in [2.75, 3.05) is 20.6 Å². The van der Waals surface area contributed by atoms with E-state index in [1.807, 2.05) is 32.8 Å². The van der Waals surface area contributed by atoms with Gasteiger partial charge in [-0.25, -0.2) is 18.7 Å². The topological polar surface area (TPSA) is 78.3 Å². The van der Waals surface area contributed by atoms with Crippen LogP contribution in [0.25, 0.3) is 0 Å². The van der Waals surface area contributed by atoms with Crippen molar-refractivity contribution in [3.05, 3.63) is 52.1 Å². The molecule has 2 atom stereocenters. The zero-order valence-electron chi connectivity index (χ0n) is 20.3. The molecule has 0 saturated heterocycles. The van der Waals surface area contributed by atoms with Gasteiger partial charge in [0, 0.05) is 42.7 Å². The highest BCUT2D eigenvalue weighted by molar-refractivity contribution is 6.30. The third kappa shape index (κ3) is 5.84. The molecule has 1 aromatic heterocycles. The van der Waals surface area contributed by atoms with Gasteiger partial charge in [0.15, 0.2) is 0 Å². The largest absolute Gasteiger partial charge is 0.508 e. The van der Waals surface area contributed by atoms with Crippen LogP contribution in [-0.2, 0) is 11.2 Å². The Morgan fingerprint density at radius 3 is 2.26 bits per heavy atom. The van der Waals surface area contributed by atoms with Gasteiger partial charge in [-0.05, 0) is 83.0 Å². The molecule has 1 aromatic carbocycles. The predicted molar refractivity (Wildman–Crippen MR) is 128 cm³/mol. The number of rotatable bonds is 10. The molecule has 1 amide bonds. The van der Waals surface area contributed by atoms with E-state index in [2.05, 4.69) is 15.3 Å². The molecule has 0 bridgehead atoms. The molecule has 1 saturated carbocycles. The van der Waals surface area contributed by atoms with Gasteiger partial charge in [0.05, 0.1) is 5.02 Å². The lowest BCUT2D eigenvalue weighted by Crippen LogP contribution is -2.43. The number of phenols is 1. The molecular formula is C25H33ClF2N4O2. The van der Waals surface area contributed by atoms with E-state index < -0.39 is 17.3 Å². The molecule has 1 aliphatic rings. The summed E-state index contributed by atoms with van der Waals surface area (Å²) in [5.41, 5.74) is 1.76. The second-order valence-electron chi connectivity index (χ2n) is 9.74. The summed E-state index contributed by atoms with van der Waals surface area (Å²) in [7, 11) is 3.87. The molecule has 34 heavy (non-hydrogen) atoms. The van der Waals surface area contributed by atoms with E-state index in [1.165, 1.54) is 12.4 Å². The van der Waals surface area contributed by atoms with E-state index in [-0.39, 0.29) is 29.9 Å². The summed E-state index contributed by atoms with van der Waals surface area (Å²) >= 11 is 5.88. The Kier molecular flexibility index (Phi) is 7.82. The van der Waals surface area contributed by atoms with Gasteiger partial charge >= 0.3 is 0 Å². The first-order valence-electron chi connectivity index (χ1n) is 11.4. The smallest absolute Gasteiger partial charge is 0.251 e. The Bertz CT molecular complexity index is 998. The number of carbonyl (C=O) groups is 1. The summed E-state index contributed by atoms with van der Waals surface area (Å²) in [6.45, 7) is 5.16. The normalized spacial score (nSPS) is 16.9. The number of benzene rings is 1. The van der Waals surface area contributed by atoms with Crippen molar-refractivity contribution in [2.45, 2.75) is 64.3 Å². The van der Waals surface area contributed by atoms with Gasteiger partial charge in [-0.15, -0.1) is 0 Å². The Labute approximate surface area is 204 Å². The number of hydrogen-bond donors (Lipinski definition) is 2. The number of hydrogen-bond acceptors (Lipinski definition) is 5. The molecule has 0 unspecified atom stereocenters. The fraction of sp³-hybridized carbons (Fsp3) is 0.560. The Hall–Kier alpha value is -2.32. The van der Waals surface area contributed by atoms with Gasteiger partial charge in [0.2, 0.25) is 5.91 Å². The van der Waals surface area contributed by atoms with Crippen LogP contribution in [0.5, 0.6) is 5.75 Å². The molecule has 0 radical (unpaired) electrons. The summed E-state index contributed by atoms with van der Waals surface area (Å²) in [4.78, 5) is 23.3. The number of halogens is 3. The number of aromatic nitrogens is 2. The van der Waals surface area contributed by atoms with Crippen molar-refractivity contribution < 1.29 is 18.7 Å². The van der Waals surface area contributed by atoms with Gasteiger partial charge in [-0.3, -0.25) is 4.79 Å². The predicted octanol–water partition coefficient (Wildman–Crippen LogP) is 4.65. The lowest BCUT2D eigenvalue weighted by atomic mass is 9.80. The van der Waals surface area contributed by atoms with Crippen LogP contribution in [0.3, 0.4) is 0 Å². The second-order valence-corrected chi connectivity index (χ2v) is 10.2. The van der Waals surface area contributed by atoms with Crippen LogP contribution in [0.15, 0.2) is 24.5 Å². The van der Waals surface area contributed by atoms with Crippen molar-refractivity contribution in [2.24, 2.45) is 5.41 Å². The fourth-order valence-corrected chi connectivity index (χ4v) is 4.82. The Balaban J connectivity index is 1.73. The van der Waals surface area contributed by atoms with Gasteiger partial charge in [-0.1, -0.05) is 11.6 Å². The standard InChI is InChI=1S/C25H33ClF2N4O2/c1-15-8-19(33)9-16(2)20(15)10-18(32(4)5)14-29-22(34)11-21(23-30-12-17(26)13-31-23)25(6-7-25)24(3,27)28/h8-9,12-13,18,21,33H,6-7,10-11,14H2,1-5H3,(H,29,34)/t18-,21-/m0/s1. The molecule has 186 valence electrons. The molecule has 1 heterocycles. The third-order valence-corrected chi connectivity index (χ3v) is 7.25. The highest BCUT2D eigenvalue weighted by Gasteiger charge is 2.64. The molecule has 1 fully saturated rings. The minimum Gasteiger partial charge on any atom is -0.508 e. The van der Waals surface area contributed by atoms with E-state index in [4.69, 9.17) is 11.6 Å². The zero-order chi connectivity index (χ0) is 25.3. The highest BCUT2D eigenvalue weighted by Crippen LogP contribution is 2.65. The van der Waals surface area contributed by atoms with Gasteiger partial charge in [0.25, 0.3) is 5.92 Å². The number of aryl methyl sites for hydroxylation is 2. The zero-order valence-corrected chi connectivity index (χ0v) is 21.1. The van der Waals surface area contributed by atoms with Crippen LogP contribution >= 0.6 is 11.6 Å². The van der Waals surface area contributed by atoms with E-state index in [1.54, 1.807) is 12.1 Å². The van der Waals surface area contributed by atoms with Crippen molar-refractivity contribution in [3.8, 4) is 5.75 Å².